The van der Waals surface area contributed by atoms with Gasteiger partial charge in [-0.15, -0.1) is 0 Å². The average Bonchev–Trinajstić information content (AvgIpc) is 3.69. The molecule has 4 heterocycles. The van der Waals surface area contributed by atoms with Crippen molar-refractivity contribution in [1.29, 1.82) is 0 Å². The van der Waals surface area contributed by atoms with Crippen molar-refractivity contribution in [3.05, 3.63) is 59.6 Å². The van der Waals surface area contributed by atoms with Crippen LogP contribution in [0.2, 0.25) is 5.02 Å². The number of fused-ring (bicyclic) bond motifs is 2. The van der Waals surface area contributed by atoms with E-state index in [1.165, 1.54) is 0 Å². The predicted molar refractivity (Wildman–Crippen MR) is 182 cm³/mol. The summed E-state index contributed by atoms with van der Waals surface area (Å²) in [4.78, 5) is 9.65. The number of aliphatic hydroxyl groups is 1. The van der Waals surface area contributed by atoms with E-state index in [4.69, 9.17) is 40.5 Å². The molecule has 246 valence electrons. The Labute approximate surface area is 278 Å². The van der Waals surface area contributed by atoms with Crippen LogP contribution < -0.4 is 9.46 Å². The summed E-state index contributed by atoms with van der Waals surface area (Å²) >= 11 is 8.47. The zero-order chi connectivity index (χ0) is 32.4. The maximum atomic E-state index is 12.7. The summed E-state index contributed by atoms with van der Waals surface area (Å²) in [5, 5.41) is 10.6. The van der Waals surface area contributed by atoms with Crippen molar-refractivity contribution >= 4 is 50.1 Å². The molecule has 0 spiro atoms. The number of rotatable bonds is 12. The van der Waals surface area contributed by atoms with Gasteiger partial charge in [0.2, 0.25) is 0 Å². The van der Waals surface area contributed by atoms with Gasteiger partial charge in [-0.3, -0.25) is 4.57 Å². The van der Waals surface area contributed by atoms with E-state index in [0.717, 1.165) is 22.4 Å². The second-order valence-corrected chi connectivity index (χ2v) is 15.0. The maximum Gasteiger partial charge on any atom is 0.301 e. The first kappa shape index (κ1) is 33.2. The van der Waals surface area contributed by atoms with Crippen LogP contribution in [0.3, 0.4) is 0 Å². The number of nitrogens with one attached hydrogen (secondary N) is 1. The lowest BCUT2D eigenvalue weighted by Crippen LogP contribution is -2.35. The van der Waals surface area contributed by atoms with Gasteiger partial charge in [-0.2, -0.15) is 21.1 Å². The molecular formula is C32H38ClN5O6S2. The average molecular weight is 688 g/mol. The number of hydrogen-bond donors (Lipinski definition) is 2. The van der Waals surface area contributed by atoms with Gasteiger partial charge in [-0.05, 0) is 49.4 Å². The fourth-order valence-corrected chi connectivity index (χ4v) is 7.58. The monoisotopic (exact) mass is 687 g/mol. The topological polar surface area (TPSA) is 129 Å². The van der Waals surface area contributed by atoms with Crippen molar-refractivity contribution < 1.29 is 28.3 Å². The van der Waals surface area contributed by atoms with Crippen molar-refractivity contribution in [1.82, 2.24) is 19.3 Å². The molecular weight excluding hydrogens is 650 g/mol. The molecule has 4 aromatic rings. The lowest BCUT2D eigenvalue weighted by atomic mass is 10.0. The van der Waals surface area contributed by atoms with Gasteiger partial charge in [0.25, 0.3) is 0 Å². The van der Waals surface area contributed by atoms with Crippen molar-refractivity contribution in [2.24, 2.45) is 4.36 Å². The first-order valence-corrected chi connectivity index (χ1v) is 18.7. The van der Waals surface area contributed by atoms with Gasteiger partial charge in [-0.25, -0.2) is 13.9 Å². The molecule has 2 fully saturated rings. The SMILES string of the molecule is CSCCOCn1c(O[C@@H]2COC3C(O)COC32)nc2cc(Cl)c(-c3ccc(-c4ccc(N=S(C)(=O)NC(C)C)cc4)cc3)nc21. The number of pyridine rings is 1. The Balaban J connectivity index is 1.26. The van der Waals surface area contributed by atoms with E-state index >= 15 is 0 Å². The predicted octanol–water partition coefficient (Wildman–Crippen LogP) is 5.30. The molecule has 2 N–H and O–H groups in total. The Morgan fingerprint density at radius 1 is 1.09 bits per heavy atom. The lowest BCUT2D eigenvalue weighted by Gasteiger charge is -2.18. The van der Waals surface area contributed by atoms with Crippen LogP contribution in [0, 0.1) is 0 Å². The number of hydrogen-bond acceptors (Lipinski definition) is 10. The van der Waals surface area contributed by atoms with Gasteiger partial charge < -0.3 is 24.1 Å². The molecule has 2 aromatic carbocycles. The third kappa shape index (κ3) is 7.37. The quantitative estimate of drug-likeness (QED) is 0.191. The fraction of sp³-hybridized carbons (Fsp3) is 0.438. The van der Waals surface area contributed by atoms with Crippen LogP contribution in [0.15, 0.2) is 59.0 Å². The largest absolute Gasteiger partial charge is 0.456 e. The zero-order valence-corrected chi connectivity index (χ0v) is 28.5. The van der Waals surface area contributed by atoms with E-state index in [2.05, 4.69) is 9.08 Å². The second-order valence-electron chi connectivity index (χ2n) is 11.6. The minimum Gasteiger partial charge on any atom is -0.456 e. The molecule has 2 aliphatic heterocycles. The van der Waals surface area contributed by atoms with Gasteiger partial charge in [0.15, 0.2) is 11.8 Å². The van der Waals surface area contributed by atoms with Gasteiger partial charge in [0.05, 0.1) is 36.2 Å². The molecule has 46 heavy (non-hydrogen) atoms. The van der Waals surface area contributed by atoms with Crippen molar-refractivity contribution in [3.63, 3.8) is 0 Å². The third-order valence-corrected chi connectivity index (χ3v) is 9.95. The Morgan fingerprint density at radius 3 is 2.46 bits per heavy atom. The molecule has 0 saturated carbocycles. The lowest BCUT2D eigenvalue weighted by molar-refractivity contribution is 0.00344. The van der Waals surface area contributed by atoms with Crippen molar-refractivity contribution in [3.8, 4) is 28.4 Å². The molecule has 4 unspecified atom stereocenters. The minimum atomic E-state index is -2.53. The van der Waals surface area contributed by atoms with Crippen molar-refractivity contribution in [2.45, 2.75) is 51.0 Å². The molecule has 2 aliphatic rings. The van der Waals surface area contributed by atoms with E-state index in [0.29, 0.717) is 40.2 Å². The summed E-state index contributed by atoms with van der Waals surface area (Å²) in [6.45, 7) is 5.11. The highest BCUT2D eigenvalue weighted by Gasteiger charge is 2.49. The van der Waals surface area contributed by atoms with Crippen LogP contribution in [0.4, 0.5) is 5.69 Å². The summed E-state index contributed by atoms with van der Waals surface area (Å²) < 4.78 is 45.6. The van der Waals surface area contributed by atoms with Crippen LogP contribution >= 0.6 is 23.4 Å². The number of ether oxygens (including phenoxy) is 4. The Morgan fingerprint density at radius 2 is 1.76 bits per heavy atom. The molecule has 11 nitrogen and oxygen atoms in total. The molecule has 0 aliphatic carbocycles. The number of benzene rings is 2. The normalized spacial score (nSPS) is 22.3. The van der Waals surface area contributed by atoms with E-state index in [1.54, 1.807) is 28.7 Å². The molecule has 14 heteroatoms. The number of imidazole rings is 1. The van der Waals surface area contributed by atoms with Crippen LogP contribution in [0.25, 0.3) is 33.5 Å². The van der Waals surface area contributed by atoms with Crippen LogP contribution in [0.1, 0.15) is 13.8 Å². The van der Waals surface area contributed by atoms with Gasteiger partial charge in [0, 0.05) is 23.6 Å². The van der Waals surface area contributed by atoms with Crippen molar-refractivity contribution in [2.75, 3.05) is 38.1 Å². The van der Waals surface area contributed by atoms with Crippen LogP contribution in [-0.4, -0.2) is 92.4 Å². The van der Waals surface area contributed by atoms with E-state index in [-0.39, 0.29) is 32.1 Å². The highest BCUT2D eigenvalue weighted by molar-refractivity contribution is 7.98. The van der Waals surface area contributed by atoms with Gasteiger partial charge >= 0.3 is 6.01 Å². The molecule has 0 bridgehead atoms. The van der Waals surface area contributed by atoms with E-state index in [1.807, 2.05) is 68.6 Å². The summed E-state index contributed by atoms with van der Waals surface area (Å²) in [6, 6.07) is 17.8. The third-order valence-electron chi connectivity index (χ3n) is 7.62. The smallest absolute Gasteiger partial charge is 0.301 e. The van der Waals surface area contributed by atoms with E-state index < -0.39 is 28.2 Å². The number of halogens is 1. The van der Waals surface area contributed by atoms with Crippen LogP contribution in [0.5, 0.6) is 6.01 Å². The molecule has 5 atom stereocenters. The summed E-state index contributed by atoms with van der Waals surface area (Å²) in [7, 11) is -2.53. The Kier molecular flexibility index (Phi) is 10.2. The van der Waals surface area contributed by atoms with Gasteiger partial charge in [-0.1, -0.05) is 48.0 Å². The number of aliphatic hydroxyl groups excluding tert-OH is 1. The van der Waals surface area contributed by atoms with Gasteiger partial charge in [0.1, 0.15) is 40.5 Å². The van der Waals surface area contributed by atoms with Crippen LogP contribution in [-0.2, 0) is 30.9 Å². The first-order chi connectivity index (χ1) is 22.1. The minimum absolute atomic E-state index is 0.0645. The summed E-state index contributed by atoms with van der Waals surface area (Å²) in [5.74, 6) is 0.845. The fourth-order valence-electron chi connectivity index (χ4n) is 5.59. The van der Waals surface area contributed by atoms with E-state index in [9.17, 15) is 9.32 Å². The summed E-state index contributed by atoms with van der Waals surface area (Å²) in [6.07, 6.45) is 1.72. The molecule has 0 radical (unpaired) electrons. The zero-order valence-electron chi connectivity index (χ0n) is 26.1. The number of aromatic nitrogens is 3. The first-order valence-electron chi connectivity index (χ1n) is 15.0. The highest BCUT2D eigenvalue weighted by Crippen LogP contribution is 2.35. The highest BCUT2D eigenvalue weighted by atomic mass is 35.5. The Hall–Kier alpha value is -2.75. The standard InChI is InChI=1S/C32H38ClN5O6S2/c1-19(2)36-46(4,40)37-23-11-9-21(10-12-23)20-5-7-22(8-6-20)28-24(33)15-25-31(35-28)38(18-41-13-14-45-3)32(34-25)44-27-17-43-29-26(39)16-42-30(27)29/h5-12,15,19,26-27,29-30,39H,13-14,16-18H2,1-4H3,(H,36,37,40)/t26?,27-,29?,30?,46?/m1/s1. The molecule has 0 amide bonds. The second kappa shape index (κ2) is 14.2. The number of nitrogens with zero attached hydrogens (tertiary/aromatic N) is 4. The number of thioether (sulfide) groups is 1. The summed E-state index contributed by atoms with van der Waals surface area (Å²) in [5.41, 5.74) is 5.24. The molecule has 2 saturated heterocycles. The molecule has 2 aromatic heterocycles. The Bertz CT molecular complexity index is 1790. The molecule has 6 rings (SSSR count). The maximum absolute atomic E-state index is 12.7.